The van der Waals surface area contributed by atoms with Crippen molar-refractivity contribution in [2.45, 2.75) is 46.0 Å². The minimum atomic E-state index is 0.455. The summed E-state index contributed by atoms with van der Waals surface area (Å²) in [6.07, 6.45) is 6.46. The molecule has 1 saturated carbocycles. The fourth-order valence-electron chi connectivity index (χ4n) is 2.70. The Hall–Kier alpha value is -0.0800. The second-order valence-electron chi connectivity index (χ2n) is 4.85. The van der Waals surface area contributed by atoms with Crippen LogP contribution in [0.25, 0.3) is 0 Å². The Morgan fingerprint density at radius 3 is 2.79 bits per heavy atom. The van der Waals surface area contributed by atoms with E-state index < -0.39 is 0 Å². The van der Waals surface area contributed by atoms with Gasteiger partial charge in [-0.2, -0.15) is 0 Å². The molecule has 2 nitrogen and oxygen atoms in total. The smallest absolute Gasteiger partial charge is 0.0466 e. The topological polar surface area (TPSA) is 35.2 Å². The van der Waals surface area contributed by atoms with Crippen LogP contribution in [0.1, 0.15) is 46.0 Å². The summed E-state index contributed by atoms with van der Waals surface area (Å²) in [6, 6.07) is 0. The summed E-state index contributed by atoms with van der Waals surface area (Å²) in [7, 11) is 0. The Bertz CT molecular complexity index is 160. The average molecular weight is 199 g/mol. The van der Waals surface area contributed by atoms with E-state index in [4.69, 9.17) is 10.5 Å². The lowest BCUT2D eigenvalue weighted by molar-refractivity contribution is 0.128. The Morgan fingerprint density at radius 1 is 1.50 bits per heavy atom. The second-order valence-corrected chi connectivity index (χ2v) is 4.85. The molecule has 0 spiro atoms. The lowest BCUT2D eigenvalue weighted by Gasteiger charge is -2.27. The third kappa shape index (κ3) is 3.25. The van der Waals surface area contributed by atoms with Gasteiger partial charge in [0.2, 0.25) is 0 Å². The summed E-state index contributed by atoms with van der Waals surface area (Å²) in [5, 5.41) is 0. The summed E-state index contributed by atoms with van der Waals surface area (Å²) < 4.78 is 5.37. The zero-order valence-electron chi connectivity index (χ0n) is 9.72. The molecule has 0 aliphatic heterocycles. The molecule has 0 aromatic carbocycles. The van der Waals surface area contributed by atoms with Gasteiger partial charge in [-0.3, -0.25) is 0 Å². The number of rotatable bonds is 6. The van der Waals surface area contributed by atoms with E-state index >= 15 is 0 Å². The minimum absolute atomic E-state index is 0.455. The van der Waals surface area contributed by atoms with Crippen molar-refractivity contribution in [2.24, 2.45) is 17.1 Å². The number of nitrogens with two attached hydrogens (primary N) is 1. The van der Waals surface area contributed by atoms with Gasteiger partial charge in [0, 0.05) is 13.2 Å². The van der Waals surface area contributed by atoms with Crippen molar-refractivity contribution >= 4 is 0 Å². The Kier molecular flexibility index (Phi) is 4.90. The lowest BCUT2D eigenvalue weighted by atomic mass is 9.81. The molecule has 2 unspecified atom stereocenters. The summed E-state index contributed by atoms with van der Waals surface area (Å²) >= 11 is 0. The van der Waals surface area contributed by atoms with Crippen LogP contribution in [0.4, 0.5) is 0 Å². The molecule has 0 saturated heterocycles. The first-order valence-electron chi connectivity index (χ1n) is 6.00. The predicted molar refractivity (Wildman–Crippen MR) is 60.2 cm³/mol. The molecular weight excluding hydrogens is 174 g/mol. The van der Waals surface area contributed by atoms with E-state index in [9.17, 15) is 0 Å². The first-order chi connectivity index (χ1) is 6.72. The Morgan fingerprint density at radius 2 is 2.29 bits per heavy atom. The number of hydrogen-bond donors (Lipinski definition) is 1. The average Bonchev–Trinajstić information content (AvgIpc) is 2.56. The van der Waals surface area contributed by atoms with Crippen LogP contribution in [0.5, 0.6) is 0 Å². The summed E-state index contributed by atoms with van der Waals surface area (Å²) in [4.78, 5) is 0. The first kappa shape index (κ1) is 12.0. The van der Waals surface area contributed by atoms with Gasteiger partial charge in [0.25, 0.3) is 0 Å². The Balaban J connectivity index is 2.24. The van der Waals surface area contributed by atoms with Crippen LogP contribution in [-0.4, -0.2) is 19.8 Å². The zero-order chi connectivity index (χ0) is 10.4. The van der Waals surface area contributed by atoms with Crippen LogP contribution in [0, 0.1) is 11.3 Å². The van der Waals surface area contributed by atoms with Crippen molar-refractivity contribution in [3.63, 3.8) is 0 Å². The number of ether oxygens (including phenoxy) is 1. The van der Waals surface area contributed by atoms with Crippen LogP contribution in [0.15, 0.2) is 0 Å². The highest BCUT2D eigenvalue weighted by atomic mass is 16.5. The number of hydrogen-bond acceptors (Lipinski definition) is 2. The normalized spacial score (nSPS) is 32.4. The molecule has 1 fully saturated rings. The van der Waals surface area contributed by atoms with Crippen molar-refractivity contribution < 1.29 is 4.74 Å². The molecule has 0 aromatic heterocycles. The van der Waals surface area contributed by atoms with Crippen molar-refractivity contribution in [3.8, 4) is 0 Å². The highest BCUT2D eigenvalue weighted by Gasteiger charge is 2.35. The van der Waals surface area contributed by atoms with E-state index in [2.05, 4.69) is 13.8 Å². The van der Waals surface area contributed by atoms with Gasteiger partial charge < -0.3 is 10.5 Å². The van der Waals surface area contributed by atoms with Gasteiger partial charge in [-0.15, -0.1) is 0 Å². The largest absolute Gasteiger partial charge is 0.382 e. The van der Waals surface area contributed by atoms with Crippen molar-refractivity contribution in [3.05, 3.63) is 0 Å². The molecule has 0 bridgehead atoms. The zero-order valence-corrected chi connectivity index (χ0v) is 9.72. The van der Waals surface area contributed by atoms with E-state index in [1.807, 2.05) is 0 Å². The standard InChI is InChI=1S/C12H25NO/c1-3-14-8-4-6-12(10-13)7-5-11(2)9-12/h11H,3-10,13H2,1-2H3. The maximum Gasteiger partial charge on any atom is 0.0466 e. The van der Waals surface area contributed by atoms with Crippen LogP contribution in [0.2, 0.25) is 0 Å². The molecule has 1 rings (SSSR count). The fraction of sp³-hybridized carbons (Fsp3) is 1.00. The van der Waals surface area contributed by atoms with Gasteiger partial charge in [0.05, 0.1) is 0 Å². The predicted octanol–water partition coefficient (Wildman–Crippen LogP) is 2.57. The van der Waals surface area contributed by atoms with Crippen LogP contribution in [-0.2, 0) is 4.74 Å². The third-order valence-electron chi connectivity index (χ3n) is 3.58. The molecule has 1 aliphatic rings. The van der Waals surface area contributed by atoms with E-state index in [1.165, 1.54) is 32.1 Å². The fourth-order valence-corrected chi connectivity index (χ4v) is 2.70. The monoisotopic (exact) mass is 199 g/mol. The molecule has 14 heavy (non-hydrogen) atoms. The van der Waals surface area contributed by atoms with E-state index in [-0.39, 0.29) is 0 Å². The maximum atomic E-state index is 5.90. The van der Waals surface area contributed by atoms with Gasteiger partial charge in [-0.1, -0.05) is 13.3 Å². The lowest BCUT2D eigenvalue weighted by Crippen LogP contribution is -2.28. The summed E-state index contributed by atoms with van der Waals surface area (Å²) in [5.74, 6) is 0.880. The summed E-state index contributed by atoms with van der Waals surface area (Å²) in [6.45, 7) is 7.01. The Labute approximate surface area is 88.2 Å². The molecule has 2 N–H and O–H groups in total. The van der Waals surface area contributed by atoms with Crippen molar-refractivity contribution in [1.29, 1.82) is 0 Å². The molecule has 2 heteroatoms. The van der Waals surface area contributed by atoms with Gasteiger partial charge in [0.15, 0.2) is 0 Å². The van der Waals surface area contributed by atoms with Crippen molar-refractivity contribution in [1.82, 2.24) is 0 Å². The highest BCUT2D eigenvalue weighted by molar-refractivity contribution is 4.88. The molecule has 84 valence electrons. The maximum absolute atomic E-state index is 5.90. The van der Waals surface area contributed by atoms with Crippen LogP contribution >= 0.6 is 0 Å². The van der Waals surface area contributed by atoms with Gasteiger partial charge in [0.1, 0.15) is 0 Å². The molecule has 0 amide bonds. The van der Waals surface area contributed by atoms with Crippen LogP contribution < -0.4 is 5.73 Å². The van der Waals surface area contributed by atoms with E-state index in [0.717, 1.165) is 25.7 Å². The molecule has 1 aliphatic carbocycles. The first-order valence-corrected chi connectivity index (χ1v) is 6.00. The molecule has 0 aromatic rings. The van der Waals surface area contributed by atoms with Gasteiger partial charge >= 0.3 is 0 Å². The van der Waals surface area contributed by atoms with E-state index in [1.54, 1.807) is 0 Å². The molecule has 2 atom stereocenters. The third-order valence-corrected chi connectivity index (χ3v) is 3.58. The van der Waals surface area contributed by atoms with E-state index in [0.29, 0.717) is 5.41 Å². The summed E-state index contributed by atoms with van der Waals surface area (Å²) in [5.41, 5.74) is 6.36. The SMILES string of the molecule is CCOCCCC1(CN)CCC(C)C1. The molecule has 0 radical (unpaired) electrons. The minimum Gasteiger partial charge on any atom is -0.382 e. The van der Waals surface area contributed by atoms with Crippen molar-refractivity contribution in [2.75, 3.05) is 19.8 Å². The van der Waals surface area contributed by atoms with Gasteiger partial charge in [-0.25, -0.2) is 0 Å². The quantitative estimate of drug-likeness (QED) is 0.667. The molecular formula is C12H25NO. The van der Waals surface area contributed by atoms with Gasteiger partial charge in [-0.05, 0) is 50.5 Å². The second kappa shape index (κ2) is 5.72. The highest BCUT2D eigenvalue weighted by Crippen LogP contribution is 2.44. The van der Waals surface area contributed by atoms with Crippen LogP contribution in [0.3, 0.4) is 0 Å². The molecule has 0 heterocycles.